The molecule has 2 aromatic carbocycles. The number of nitrogens with two attached hydrogens (primary N) is 1. The predicted molar refractivity (Wildman–Crippen MR) is 87.3 cm³/mol. The van der Waals surface area contributed by atoms with Crippen molar-refractivity contribution in [3.8, 4) is 0 Å². The number of rotatable bonds is 3. The Bertz CT molecular complexity index is 684. The second-order valence-electron chi connectivity index (χ2n) is 5.36. The molecule has 1 aliphatic rings. The maximum atomic E-state index is 11.9. The molecule has 1 heterocycles. The van der Waals surface area contributed by atoms with Gasteiger partial charge in [0.2, 0.25) is 0 Å². The standard InChI is InChI=1S/C17H17BrN2O/c18-14-3-1-2-11(8-14)9-16(19)13-5-4-12-6-7-20-17(21)15(12)10-13/h1-5,8,10,16H,6-7,9,19H2,(H,20,21). The molecule has 0 bridgehead atoms. The lowest BCUT2D eigenvalue weighted by Crippen LogP contribution is -2.32. The highest BCUT2D eigenvalue weighted by Gasteiger charge is 2.18. The normalized spacial score (nSPS) is 15.2. The summed E-state index contributed by atoms with van der Waals surface area (Å²) in [6.07, 6.45) is 1.64. The number of fused-ring (bicyclic) bond motifs is 1. The van der Waals surface area contributed by atoms with E-state index in [1.165, 1.54) is 5.56 Å². The molecular formula is C17H17BrN2O. The highest BCUT2D eigenvalue weighted by Crippen LogP contribution is 2.23. The van der Waals surface area contributed by atoms with Gasteiger partial charge in [0.1, 0.15) is 0 Å². The Hall–Kier alpha value is -1.65. The fourth-order valence-electron chi connectivity index (χ4n) is 2.70. The van der Waals surface area contributed by atoms with E-state index in [1.54, 1.807) is 0 Å². The van der Waals surface area contributed by atoms with Gasteiger partial charge in [0, 0.05) is 22.6 Å². The van der Waals surface area contributed by atoms with Crippen molar-refractivity contribution in [1.29, 1.82) is 0 Å². The molecule has 1 aliphatic heterocycles. The summed E-state index contributed by atoms with van der Waals surface area (Å²) in [4.78, 5) is 11.9. The van der Waals surface area contributed by atoms with Crippen molar-refractivity contribution in [3.63, 3.8) is 0 Å². The molecule has 4 heteroatoms. The quantitative estimate of drug-likeness (QED) is 0.899. The lowest BCUT2D eigenvalue weighted by atomic mass is 9.93. The smallest absolute Gasteiger partial charge is 0.251 e. The Labute approximate surface area is 132 Å². The summed E-state index contributed by atoms with van der Waals surface area (Å²) in [6.45, 7) is 0.718. The third-order valence-electron chi connectivity index (χ3n) is 3.83. The number of amides is 1. The van der Waals surface area contributed by atoms with Crippen LogP contribution in [-0.2, 0) is 12.8 Å². The molecule has 3 N–H and O–H groups in total. The summed E-state index contributed by atoms with van der Waals surface area (Å²) < 4.78 is 1.05. The van der Waals surface area contributed by atoms with E-state index in [9.17, 15) is 4.79 Å². The minimum Gasteiger partial charge on any atom is -0.352 e. The molecule has 108 valence electrons. The van der Waals surface area contributed by atoms with Crippen molar-refractivity contribution in [1.82, 2.24) is 5.32 Å². The van der Waals surface area contributed by atoms with Crippen LogP contribution in [-0.4, -0.2) is 12.5 Å². The molecule has 0 saturated heterocycles. The largest absolute Gasteiger partial charge is 0.352 e. The molecule has 2 aromatic rings. The van der Waals surface area contributed by atoms with Gasteiger partial charge >= 0.3 is 0 Å². The SMILES string of the molecule is NC(Cc1cccc(Br)c1)c1ccc2c(c1)C(=O)NCC2. The average molecular weight is 345 g/mol. The topological polar surface area (TPSA) is 55.1 Å². The first-order valence-corrected chi connectivity index (χ1v) is 7.84. The van der Waals surface area contributed by atoms with Crippen LogP contribution in [0.3, 0.4) is 0 Å². The molecule has 3 rings (SSSR count). The van der Waals surface area contributed by atoms with Gasteiger partial charge in [-0.1, -0.05) is 40.2 Å². The molecule has 0 spiro atoms. The number of nitrogens with one attached hydrogen (secondary N) is 1. The molecule has 0 aromatic heterocycles. The zero-order valence-electron chi connectivity index (χ0n) is 11.6. The molecule has 0 fully saturated rings. The number of halogens is 1. The summed E-state index contributed by atoms with van der Waals surface area (Å²) in [6, 6.07) is 14.0. The molecule has 3 nitrogen and oxygen atoms in total. The van der Waals surface area contributed by atoms with Crippen molar-refractivity contribution in [3.05, 3.63) is 69.2 Å². The number of hydrogen-bond acceptors (Lipinski definition) is 2. The highest BCUT2D eigenvalue weighted by atomic mass is 79.9. The fourth-order valence-corrected chi connectivity index (χ4v) is 3.14. The van der Waals surface area contributed by atoms with Crippen molar-refractivity contribution < 1.29 is 4.79 Å². The number of carbonyl (C=O) groups is 1. The Morgan fingerprint density at radius 1 is 1.24 bits per heavy atom. The molecule has 0 aliphatic carbocycles. The van der Waals surface area contributed by atoms with Gasteiger partial charge in [-0.25, -0.2) is 0 Å². The molecule has 1 atom stereocenters. The highest BCUT2D eigenvalue weighted by molar-refractivity contribution is 9.10. The molecule has 21 heavy (non-hydrogen) atoms. The number of benzene rings is 2. The molecule has 0 radical (unpaired) electrons. The van der Waals surface area contributed by atoms with Crippen molar-refractivity contribution in [2.75, 3.05) is 6.54 Å². The Kier molecular flexibility index (Phi) is 4.08. The van der Waals surface area contributed by atoms with Gasteiger partial charge in [0.25, 0.3) is 5.91 Å². The predicted octanol–water partition coefficient (Wildman–Crippen LogP) is 2.98. The van der Waals surface area contributed by atoms with Gasteiger partial charge < -0.3 is 11.1 Å². The van der Waals surface area contributed by atoms with E-state index < -0.39 is 0 Å². The number of hydrogen-bond donors (Lipinski definition) is 2. The third kappa shape index (κ3) is 3.17. The zero-order valence-corrected chi connectivity index (χ0v) is 13.2. The van der Waals surface area contributed by atoms with E-state index in [0.717, 1.165) is 40.5 Å². The summed E-state index contributed by atoms with van der Waals surface area (Å²) in [5.74, 6) is 0.00718. The average Bonchev–Trinajstić information content (AvgIpc) is 2.47. The maximum Gasteiger partial charge on any atom is 0.251 e. The molecule has 1 amide bonds. The number of carbonyl (C=O) groups excluding carboxylic acids is 1. The van der Waals surface area contributed by atoms with E-state index in [-0.39, 0.29) is 11.9 Å². The summed E-state index contributed by atoms with van der Waals surface area (Å²) in [5, 5.41) is 2.88. The van der Waals surface area contributed by atoms with Crippen LogP contribution in [0.15, 0.2) is 46.9 Å². The summed E-state index contributed by atoms with van der Waals surface area (Å²) >= 11 is 3.47. The zero-order chi connectivity index (χ0) is 14.8. The van der Waals surface area contributed by atoms with Gasteiger partial charge in [0.15, 0.2) is 0 Å². The van der Waals surface area contributed by atoms with Crippen LogP contribution in [0.5, 0.6) is 0 Å². The second kappa shape index (κ2) is 6.00. The van der Waals surface area contributed by atoms with Gasteiger partial charge in [-0.2, -0.15) is 0 Å². The van der Waals surface area contributed by atoms with E-state index in [0.29, 0.717) is 0 Å². The Morgan fingerprint density at radius 2 is 2.10 bits per heavy atom. The lowest BCUT2D eigenvalue weighted by molar-refractivity contribution is 0.0946. The molecular weight excluding hydrogens is 328 g/mol. The first-order valence-electron chi connectivity index (χ1n) is 7.04. The van der Waals surface area contributed by atoms with Crippen molar-refractivity contribution in [2.45, 2.75) is 18.9 Å². The van der Waals surface area contributed by atoms with Gasteiger partial charge in [-0.15, -0.1) is 0 Å². The fraction of sp³-hybridized carbons (Fsp3) is 0.235. The van der Waals surface area contributed by atoms with Gasteiger partial charge in [0.05, 0.1) is 0 Å². The van der Waals surface area contributed by atoms with Crippen molar-refractivity contribution >= 4 is 21.8 Å². The van der Waals surface area contributed by atoms with Crippen LogP contribution in [0.4, 0.5) is 0 Å². The van der Waals surface area contributed by atoms with Crippen LogP contribution in [0, 0.1) is 0 Å². The first kappa shape index (κ1) is 14.3. The van der Waals surface area contributed by atoms with Crippen LogP contribution in [0.1, 0.15) is 33.1 Å². The van der Waals surface area contributed by atoms with E-state index in [4.69, 9.17) is 5.73 Å². The Balaban J connectivity index is 1.83. The van der Waals surface area contributed by atoms with Crippen LogP contribution in [0.2, 0.25) is 0 Å². The summed E-state index contributed by atoms with van der Waals surface area (Å²) in [7, 11) is 0. The van der Waals surface area contributed by atoms with Crippen LogP contribution in [0.25, 0.3) is 0 Å². The van der Waals surface area contributed by atoms with Crippen molar-refractivity contribution in [2.24, 2.45) is 5.73 Å². The van der Waals surface area contributed by atoms with E-state index in [2.05, 4.69) is 33.4 Å². The van der Waals surface area contributed by atoms with Crippen LogP contribution >= 0.6 is 15.9 Å². The van der Waals surface area contributed by atoms with Gasteiger partial charge in [-0.3, -0.25) is 4.79 Å². The van der Waals surface area contributed by atoms with Gasteiger partial charge in [-0.05, 0) is 47.7 Å². The summed E-state index contributed by atoms with van der Waals surface area (Å²) in [5.41, 5.74) is 10.4. The lowest BCUT2D eigenvalue weighted by Gasteiger charge is -2.19. The molecule has 1 unspecified atom stereocenters. The molecule has 0 saturated carbocycles. The maximum absolute atomic E-state index is 11.9. The second-order valence-corrected chi connectivity index (χ2v) is 6.28. The first-order chi connectivity index (χ1) is 10.1. The Morgan fingerprint density at radius 3 is 2.90 bits per heavy atom. The minimum absolute atomic E-state index is 0.00718. The monoisotopic (exact) mass is 344 g/mol. The van der Waals surface area contributed by atoms with E-state index >= 15 is 0 Å². The third-order valence-corrected chi connectivity index (χ3v) is 4.32. The van der Waals surface area contributed by atoms with Crippen LogP contribution < -0.4 is 11.1 Å². The minimum atomic E-state index is -0.112. The van der Waals surface area contributed by atoms with E-state index in [1.807, 2.05) is 30.3 Å².